The molecule has 1 heterocycles. The number of thiophene rings is 1. The maximum absolute atomic E-state index is 13.1. The molecule has 0 saturated heterocycles. The minimum absolute atomic E-state index is 0.105. The Labute approximate surface area is 182 Å². The number of carbonyl (C=O) groups is 3. The predicted octanol–water partition coefficient (Wildman–Crippen LogP) is 4.62. The van der Waals surface area contributed by atoms with E-state index in [0.29, 0.717) is 22.0 Å². The van der Waals surface area contributed by atoms with Crippen LogP contribution in [0.5, 0.6) is 0 Å². The van der Waals surface area contributed by atoms with E-state index in [1.807, 2.05) is 25.1 Å². The van der Waals surface area contributed by atoms with Crippen LogP contribution in [0.1, 0.15) is 21.7 Å². The van der Waals surface area contributed by atoms with Crippen LogP contribution in [0.25, 0.3) is 11.1 Å². The van der Waals surface area contributed by atoms with Gasteiger partial charge in [-0.15, -0.1) is 11.3 Å². The quantitative estimate of drug-likeness (QED) is 0.517. The Morgan fingerprint density at radius 2 is 1.90 bits per heavy atom. The molecule has 4 atom stereocenters. The van der Waals surface area contributed by atoms with Crippen LogP contribution in [-0.4, -0.2) is 30.1 Å². The fourth-order valence-electron chi connectivity index (χ4n) is 4.63. The molecule has 1 aromatic heterocycles. The number of hydrogen-bond acceptors (Lipinski definition) is 5. The summed E-state index contributed by atoms with van der Waals surface area (Å²) < 4.78 is 4.98. The number of ether oxygens (including phenoxy) is 1. The summed E-state index contributed by atoms with van der Waals surface area (Å²) in [7, 11) is 1.28. The molecule has 2 aromatic rings. The number of aliphatic carboxylic acids is 1. The third-order valence-electron chi connectivity index (χ3n) is 5.87. The molecular formula is C22H20ClNO5S. The Morgan fingerprint density at radius 1 is 1.20 bits per heavy atom. The normalized spacial score (nSPS) is 24.1. The molecule has 4 rings (SSSR count). The van der Waals surface area contributed by atoms with Crippen LogP contribution < -0.4 is 5.32 Å². The topological polar surface area (TPSA) is 92.7 Å². The molecule has 2 aliphatic carbocycles. The molecule has 2 N–H and O–H groups in total. The average Bonchev–Trinajstić information content (AvgIpc) is 3.40. The van der Waals surface area contributed by atoms with E-state index in [-0.39, 0.29) is 23.3 Å². The predicted molar refractivity (Wildman–Crippen MR) is 115 cm³/mol. The van der Waals surface area contributed by atoms with Crippen molar-refractivity contribution in [1.82, 2.24) is 0 Å². The van der Waals surface area contributed by atoms with Gasteiger partial charge in [-0.05, 0) is 42.9 Å². The third-order valence-corrected chi connectivity index (χ3v) is 7.13. The Kier molecular flexibility index (Phi) is 5.42. The summed E-state index contributed by atoms with van der Waals surface area (Å²) in [4.78, 5) is 38.3. The first-order chi connectivity index (χ1) is 14.3. The lowest BCUT2D eigenvalue weighted by Gasteiger charge is -2.23. The van der Waals surface area contributed by atoms with E-state index in [1.165, 1.54) is 18.4 Å². The lowest BCUT2D eigenvalue weighted by atomic mass is 9.82. The largest absolute Gasteiger partial charge is 0.481 e. The number of amides is 1. The van der Waals surface area contributed by atoms with Gasteiger partial charge in [0.25, 0.3) is 0 Å². The first-order valence-electron chi connectivity index (χ1n) is 9.51. The molecule has 0 radical (unpaired) electrons. The second-order valence-electron chi connectivity index (χ2n) is 7.57. The highest BCUT2D eigenvalue weighted by Crippen LogP contribution is 2.49. The lowest BCUT2D eigenvalue weighted by Crippen LogP contribution is -2.36. The fraction of sp³-hybridized carbons (Fsp3) is 0.318. The number of carboxylic acids is 1. The maximum atomic E-state index is 13.1. The highest BCUT2D eigenvalue weighted by atomic mass is 35.5. The van der Waals surface area contributed by atoms with Gasteiger partial charge in [-0.25, -0.2) is 4.79 Å². The summed E-state index contributed by atoms with van der Waals surface area (Å²) in [5, 5.41) is 13.3. The monoisotopic (exact) mass is 445 g/mol. The van der Waals surface area contributed by atoms with Gasteiger partial charge in [-0.3, -0.25) is 9.59 Å². The zero-order valence-electron chi connectivity index (χ0n) is 16.3. The van der Waals surface area contributed by atoms with E-state index in [9.17, 15) is 19.5 Å². The van der Waals surface area contributed by atoms with Gasteiger partial charge < -0.3 is 15.2 Å². The molecule has 0 aliphatic heterocycles. The fourth-order valence-corrected chi connectivity index (χ4v) is 5.89. The number of allylic oxidation sites excluding steroid dienone is 2. The Morgan fingerprint density at radius 3 is 2.53 bits per heavy atom. The average molecular weight is 446 g/mol. The zero-order chi connectivity index (χ0) is 21.6. The molecule has 1 aromatic carbocycles. The van der Waals surface area contributed by atoms with Gasteiger partial charge in [0.1, 0.15) is 10.6 Å². The summed E-state index contributed by atoms with van der Waals surface area (Å²) in [5.74, 6) is -3.59. The number of benzene rings is 1. The summed E-state index contributed by atoms with van der Waals surface area (Å²) in [6.07, 6.45) is 4.47. The van der Waals surface area contributed by atoms with Gasteiger partial charge in [-0.2, -0.15) is 0 Å². The number of methoxy groups -OCH3 is 1. The van der Waals surface area contributed by atoms with Crippen molar-refractivity contribution < 1.29 is 24.2 Å². The maximum Gasteiger partial charge on any atom is 0.341 e. The minimum atomic E-state index is -0.970. The van der Waals surface area contributed by atoms with Crippen molar-refractivity contribution in [2.75, 3.05) is 12.4 Å². The number of aryl methyl sites for hydroxylation is 1. The number of nitrogens with one attached hydrogen (secondary N) is 1. The molecule has 30 heavy (non-hydrogen) atoms. The second-order valence-corrected chi connectivity index (χ2v) is 9.23. The zero-order valence-corrected chi connectivity index (χ0v) is 17.9. The van der Waals surface area contributed by atoms with Crippen molar-refractivity contribution in [3.63, 3.8) is 0 Å². The number of halogens is 1. The Balaban J connectivity index is 1.72. The van der Waals surface area contributed by atoms with Crippen molar-refractivity contribution in [3.8, 4) is 11.1 Å². The van der Waals surface area contributed by atoms with Gasteiger partial charge >= 0.3 is 11.9 Å². The summed E-state index contributed by atoms with van der Waals surface area (Å²) in [5.41, 5.74) is 1.64. The summed E-state index contributed by atoms with van der Waals surface area (Å²) >= 11 is 7.39. The first-order valence-corrected chi connectivity index (χ1v) is 10.7. The second kappa shape index (κ2) is 7.89. The van der Waals surface area contributed by atoms with Crippen LogP contribution >= 0.6 is 22.9 Å². The van der Waals surface area contributed by atoms with E-state index in [2.05, 4.69) is 5.32 Å². The van der Waals surface area contributed by atoms with Crippen LogP contribution in [0, 0.1) is 30.6 Å². The smallest absolute Gasteiger partial charge is 0.341 e. The van der Waals surface area contributed by atoms with E-state index in [1.54, 1.807) is 18.2 Å². The number of hydrogen-bond donors (Lipinski definition) is 2. The molecule has 8 heteroatoms. The van der Waals surface area contributed by atoms with Crippen molar-refractivity contribution in [2.24, 2.45) is 23.7 Å². The molecular weight excluding hydrogens is 426 g/mol. The molecule has 0 spiro atoms. The van der Waals surface area contributed by atoms with E-state index in [0.717, 1.165) is 10.4 Å². The van der Waals surface area contributed by atoms with Crippen molar-refractivity contribution in [2.45, 2.75) is 13.3 Å². The van der Waals surface area contributed by atoms with Crippen LogP contribution in [0.3, 0.4) is 0 Å². The van der Waals surface area contributed by atoms with Crippen LogP contribution in [0.15, 0.2) is 36.4 Å². The van der Waals surface area contributed by atoms with Crippen molar-refractivity contribution in [1.29, 1.82) is 0 Å². The molecule has 2 bridgehead atoms. The molecule has 4 unspecified atom stereocenters. The minimum Gasteiger partial charge on any atom is -0.481 e. The van der Waals surface area contributed by atoms with E-state index < -0.39 is 23.8 Å². The standard InChI is InChI=1S/C22H20ClNO5S/c1-10-15(11-4-3-5-14(23)9-11)18(22(28)29-2)20(30-10)24-19(25)16-12-6-7-13(8-12)17(16)21(26)27/h3-7,9,12-13,16-17H,8H2,1-2H3,(H,24,25)(H,26,27). The molecule has 1 fully saturated rings. The molecule has 156 valence electrons. The van der Waals surface area contributed by atoms with Crippen LogP contribution in [-0.2, 0) is 14.3 Å². The number of carboxylic acid groups (broad SMARTS) is 1. The number of rotatable bonds is 5. The van der Waals surface area contributed by atoms with Gasteiger partial charge in [0, 0.05) is 15.5 Å². The summed E-state index contributed by atoms with van der Waals surface area (Å²) in [6, 6.07) is 7.10. The van der Waals surface area contributed by atoms with Crippen molar-refractivity contribution in [3.05, 3.63) is 51.9 Å². The van der Waals surface area contributed by atoms with E-state index >= 15 is 0 Å². The summed E-state index contributed by atoms with van der Waals surface area (Å²) in [6.45, 7) is 1.85. The number of anilines is 1. The molecule has 6 nitrogen and oxygen atoms in total. The van der Waals surface area contributed by atoms with Gasteiger partial charge in [0.05, 0.1) is 18.9 Å². The first kappa shape index (κ1) is 20.6. The number of esters is 1. The highest BCUT2D eigenvalue weighted by molar-refractivity contribution is 7.17. The Hall–Kier alpha value is -2.64. The molecule has 2 aliphatic rings. The number of carbonyl (C=O) groups excluding carboxylic acids is 2. The van der Waals surface area contributed by atoms with Gasteiger partial charge in [-0.1, -0.05) is 35.9 Å². The van der Waals surface area contributed by atoms with Crippen molar-refractivity contribution >= 4 is 45.8 Å². The van der Waals surface area contributed by atoms with Gasteiger partial charge in [0.15, 0.2) is 0 Å². The van der Waals surface area contributed by atoms with E-state index in [4.69, 9.17) is 16.3 Å². The Bertz CT molecular complexity index is 1080. The van der Waals surface area contributed by atoms with Gasteiger partial charge in [0.2, 0.25) is 5.91 Å². The molecule has 1 amide bonds. The molecule has 1 saturated carbocycles. The van der Waals surface area contributed by atoms with Crippen LogP contribution in [0.4, 0.5) is 5.00 Å². The third kappa shape index (κ3) is 3.42. The van der Waals surface area contributed by atoms with Crippen LogP contribution in [0.2, 0.25) is 5.02 Å². The number of fused-ring (bicyclic) bond motifs is 2. The lowest BCUT2D eigenvalue weighted by molar-refractivity contribution is -0.146. The SMILES string of the molecule is COC(=O)c1c(NC(=O)C2C3C=CC(C3)C2C(=O)O)sc(C)c1-c1cccc(Cl)c1. The highest BCUT2D eigenvalue weighted by Gasteiger charge is 2.51.